The molecular formula is C28H36ClN3O4. The quantitative estimate of drug-likeness (QED) is 0.393. The summed E-state index contributed by atoms with van der Waals surface area (Å²) in [6.45, 7) is 7.68. The summed E-state index contributed by atoms with van der Waals surface area (Å²) in [6.07, 6.45) is 6.27. The number of piperidine rings is 1. The largest absolute Gasteiger partial charge is 0.493 e. The molecule has 1 atom stereocenters. The molecule has 2 heterocycles. The summed E-state index contributed by atoms with van der Waals surface area (Å²) in [5.41, 5.74) is 1.24. The van der Waals surface area contributed by atoms with Crippen molar-refractivity contribution >= 4 is 11.6 Å². The predicted octanol–water partition coefficient (Wildman–Crippen LogP) is 4.90. The highest BCUT2D eigenvalue weighted by atomic mass is 35.5. The maximum atomic E-state index is 11.3. The molecule has 0 aliphatic carbocycles. The highest BCUT2D eigenvalue weighted by molar-refractivity contribution is 6.32. The van der Waals surface area contributed by atoms with Crippen LogP contribution in [0.25, 0.3) is 0 Å². The van der Waals surface area contributed by atoms with Crippen LogP contribution in [0.3, 0.4) is 0 Å². The van der Waals surface area contributed by atoms with Crippen LogP contribution in [0.4, 0.5) is 0 Å². The Morgan fingerprint density at radius 3 is 2.78 bits per heavy atom. The van der Waals surface area contributed by atoms with Crippen LogP contribution in [0.5, 0.6) is 17.2 Å². The molecule has 1 aromatic heterocycles. The van der Waals surface area contributed by atoms with E-state index in [1.807, 2.05) is 55.7 Å². The number of hydrogen-bond acceptors (Lipinski definition) is 6. The molecule has 1 aliphatic heterocycles. The van der Waals surface area contributed by atoms with Gasteiger partial charge in [0.1, 0.15) is 30.4 Å². The summed E-state index contributed by atoms with van der Waals surface area (Å²) >= 11 is 6.27. The number of hydrogen-bond donors (Lipinski definition) is 1. The molecule has 0 spiro atoms. The summed E-state index contributed by atoms with van der Waals surface area (Å²) < 4.78 is 19.7. The number of methoxy groups -OCH3 is 1. The molecular weight excluding hydrogens is 478 g/mol. The van der Waals surface area contributed by atoms with Crippen LogP contribution in [0, 0.1) is 6.92 Å². The Morgan fingerprint density at radius 2 is 1.97 bits per heavy atom. The molecule has 1 saturated heterocycles. The van der Waals surface area contributed by atoms with Crippen LogP contribution in [0.15, 0.2) is 48.8 Å². The Bertz CT molecular complexity index is 1150. The van der Waals surface area contributed by atoms with Gasteiger partial charge in [-0.1, -0.05) is 30.7 Å². The van der Waals surface area contributed by atoms with Gasteiger partial charge >= 0.3 is 0 Å². The van der Waals surface area contributed by atoms with Crippen LogP contribution in [-0.4, -0.2) is 58.6 Å². The van der Waals surface area contributed by atoms with E-state index in [2.05, 4.69) is 21.4 Å². The van der Waals surface area contributed by atoms with Crippen molar-refractivity contribution in [2.75, 3.05) is 33.4 Å². The predicted molar refractivity (Wildman–Crippen MR) is 141 cm³/mol. The number of aliphatic hydroxyl groups is 1. The van der Waals surface area contributed by atoms with Crippen LogP contribution in [0.2, 0.25) is 5.02 Å². The van der Waals surface area contributed by atoms with Crippen LogP contribution in [0.1, 0.15) is 36.7 Å². The molecule has 4 rings (SSSR count). The zero-order chi connectivity index (χ0) is 25.5. The first-order valence-corrected chi connectivity index (χ1v) is 12.9. The standard InChI is InChI=1S/C28H36ClN3O4/c1-4-27-30-11-13-32(27)14-15-35-26-17-22(7-9-24(26)34-3)18-31-12-5-10-28(33,19-31)20-36-25-16-21(2)6-8-23(25)29/h6-9,11,13,16-17,33H,4-5,10,12,14-15,18-20H2,1-3H3/t28-/m1/s1. The van der Waals surface area contributed by atoms with E-state index in [1.165, 1.54) is 0 Å². The monoisotopic (exact) mass is 513 g/mol. The van der Waals surface area contributed by atoms with E-state index < -0.39 is 5.60 Å². The number of nitrogens with zero attached hydrogens (tertiary/aromatic N) is 3. The minimum absolute atomic E-state index is 0.206. The van der Waals surface area contributed by atoms with E-state index in [4.69, 9.17) is 25.8 Å². The van der Waals surface area contributed by atoms with Crippen molar-refractivity contribution < 1.29 is 19.3 Å². The lowest BCUT2D eigenvalue weighted by Crippen LogP contribution is -2.51. The number of aromatic nitrogens is 2. The number of imidazole rings is 1. The maximum absolute atomic E-state index is 11.3. The van der Waals surface area contributed by atoms with Gasteiger partial charge in [0, 0.05) is 31.9 Å². The van der Waals surface area contributed by atoms with Gasteiger partial charge in [0.05, 0.1) is 18.7 Å². The summed E-state index contributed by atoms with van der Waals surface area (Å²) in [6, 6.07) is 11.7. The molecule has 0 amide bonds. The number of rotatable bonds is 11. The fourth-order valence-electron chi connectivity index (χ4n) is 4.69. The zero-order valence-corrected chi connectivity index (χ0v) is 22.1. The summed E-state index contributed by atoms with van der Waals surface area (Å²) in [7, 11) is 1.65. The third kappa shape index (κ3) is 6.72. The second-order valence-corrected chi connectivity index (χ2v) is 9.89. The highest BCUT2D eigenvalue weighted by Gasteiger charge is 2.34. The minimum atomic E-state index is -0.932. The van der Waals surface area contributed by atoms with Crippen molar-refractivity contribution in [2.45, 2.75) is 51.8 Å². The van der Waals surface area contributed by atoms with Gasteiger partial charge in [-0.25, -0.2) is 4.98 Å². The van der Waals surface area contributed by atoms with Crippen molar-refractivity contribution in [3.8, 4) is 17.2 Å². The Hall–Kier alpha value is -2.74. The summed E-state index contributed by atoms with van der Waals surface area (Å²) in [5.74, 6) is 3.09. The average Bonchev–Trinajstić information content (AvgIpc) is 3.32. The molecule has 0 bridgehead atoms. The van der Waals surface area contributed by atoms with Gasteiger partial charge in [-0.3, -0.25) is 4.90 Å². The Balaban J connectivity index is 1.36. The number of halogens is 1. The zero-order valence-electron chi connectivity index (χ0n) is 21.4. The van der Waals surface area contributed by atoms with Crippen molar-refractivity contribution in [1.82, 2.24) is 14.5 Å². The van der Waals surface area contributed by atoms with E-state index >= 15 is 0 Å². The van der Waals surface area contributed by atoms with Crippen molar-refractivity contribution in [1.29, 1.82) is 0 Å². The van der Waals surface area contributed by atoms with Gasteiger partial charge in [-0.05, 0) is 61.7 Å². The molecule has 0 radical (unpaired) electrons. The molecule has 36 heavy (non-hydrogen) atoms. The lowest BCUT2D eigenvalue weighted by Gasteiger charge is -2.39. The molecule has 194 valence electrons. The number of aryl methyl sites for hydroxylation is 2. The fourth-order valence-corrected chi connectivity index (χ4v) is 4.87. The van der Waals surface area contributed by atoms with E-state index in [1.54, 1.807) is 7.11 Å². The van der Waals surface area contributed by atoms with E-state index in [9.17, 15) is 5.11 Å². The second-order valence-electron chi connectivity index (χ2n) is 9.49. The SMILES string of the molecule is CCc1nccn1CCOc1cc(CN2CCC[C@](O)(COc3cc(C)ccc3Cl)C2)ccc1OC. The van der Waals surface area contributed by atoms with Crippen LogP contribution >= 0.6 is 11.6 Å². The van der Waals surface area contributed by atoms with Gasteiger partial charge in [-0.15, -0.1) is 0 Å². The second kappa shape index (κ2) is 12.0. The Kier molecular flexibility index (Phi) is 8.77. The molecule has 2 aromatic carbocycles. The van der Waals surface area contributed by atoms with Gasteiger partial charge in [0.2, 0.25) is 0 Å². The molecule has 7 nitrogen and oxygen atoms in total. The number of β-amino-alcohol motifs (C(OH)–C–C–N with tert-alkyl or cyclic N) is 1. The molecule has 3 aromatic rings. The maximum Gasteiger partial charge on any atom is 0.161 e. The highest BCUT2D eigenvalue weighted by Crippen LogP contribution is 2.31. The normalized spacial score (nSPS) is 18.2. The molecule has 1 fully saturated rings. The minimum Gasteiger partial charge on any atom is -0.493 e. The summed E-state index contributed by atoms with van der Waals surface area (Å²) in [4.78, 5) is 6.62. The summed E-state index contributed by atoms with van der Waals surface area (Å²) in [5, 5.41) is 11.8. The fraction of sp³-hybridized carbons (Fsp3) is 0.464. The van der Waals surface area contributed by atoms with E-state index in [0.29, 0.717) is 42.6 Å². The smallest absolute Gasteiger partial charge is 0.161 e. The first-order chi connectivity index (χ1) is 17.4. The van der Waals surface area contributed by atoms with Crippen molar-refractivity contribution in [3.63, 3.8) is 0 Å². The first-order valence-electron chi connectivity index (χ1n) is 12.5. The topological polar surface area (TPSA) is 69.0 Å². The van der Waals surface area contributed by atoms with Crippen LogP contribution < -0.4 is 14.2 Å². The first kappa shape index (κ1) is 26.3. The number of benzene rings is 2. The van der Waals surface area contributed by atoms with Gasteiger partial charge in [0.15, 0.2) is 11.5 Å². The van der Waals surface area contributed by atoms with Gasteiger partial charge in [-0.2, -0.15) is 0 Å². The Labute approximate surface area is 218 Å². The van der Waals surface area contributed by atoms with Crippen molar-refractivity contribution in [3.05, 3.63) is 70.8 Å². The number of ether oxygens (including phenoxy) is 3. The molecule has 1 aliphatic rings. The van der Waals surface area contributed by atoms with Crippen LogP contribution in [-0.2, 0) is 19.5 Å². The van der Waals surface area contributed by atoms with E-state index in [0.717, 1.165) is 48.6 Å². The lowest BCUT2D eigenvalue weighted by molar-refractivity contribution is -0.0621. The molecule has 0 saturated carbocycles. The molecule has 1 N–H and O–H groups in total. The average molecular weight is 514 g/mol. The lowest BCUT2D eigenvalue weighted by atomic mass is 9.93. The van der Waals surface area contributed by atoms with Gasteiger partial charge < -0.3 is 23.9 Å². The van der Waals surface area contributed by atoms with Crippen molar-refractivity contribution in [2.24, 2.45) is 0 Å². The Morgan fingerprint density at radius 1 is 1.11 bits per heavy atom. The third-order valence-electron chi connectivity index (χ3n) is 6.56. The molecule has 0 unspecified atom stereocenters. The van der Waals surface area contributed by atoms with Gasteiger partial charge in [0.25, 0.3) is 0 Å². The van der Waals surface area contributed by atoms with E-state index in [-0.39, 0.29) is 6.61 Å². The number of likely N-dealkylation sites (tertiary alicyclic amines) is 1. The third-order valence-corrected chi connectivity index (χ3v) is 6.87. The molecule has 8 heteroatoms.